The number of nitrogens with one attached hydrogen (secondary N) is 2. The summed E-state index contributed by atoms with van der Waals surface area (Å²) < 4.78 is 29.2. The molecule has 5 nitrogen and oxygen atoms in total. The highest BCUT2D eigenvalue weighted by Gasteiger charge is 2.28. The average molecular weight is 299 g/mol. The summed E-state index contributed by atoms with van der Waals surface area (Å²) in [4.78, 5) is 0.381. The first-order valence-electron chi connectivity index (χ1n) is 7.38. The van der Waals surface area contributed by atoms with Crippen LogP contribution in [0.1, 0.15) is 51.8 Å². The second-order valence-electron chi connectivity index (χ2n) is 5.76. The summed E-state index contributed by atoms with van der Waals surface area (Å²) in [6, 6.07) is 2.19. The summed E-state index contributed by atoms with van der Waals surface area (Å²) in [6.07, 6.45) is 5.15. The maximum atomic E-state index is 12.2. The first kappa shape index (κ1) is 15.5. The van der Waals surface area contributed by atoms with Crippen molar-refractivity contribution in [1.29, 1.82) is 0 Å². The molecule has 0 aromatic carbocycles. The molecular weight excluding hydrogens is 274 g/mol. The van der Waals surface area contributed by atoms with Gasteiger partial charge in [-0.3, -0.25) is 0 Å². The second kappa shape index (κ2) is 6.28. The zero-order valence-corrected chi connectivity index (χ0v) is 13.3. The first-order chi connectivity index (χ1) is 9.44. The maximum Gasteiger partial charge on any atom is 0.242 e. The van der Waals surface area contributed by atoms with E-state index in [1.165, 1.54) is 0 Å². The highest BCUT2D eigenvalue weighted by Crippen LogP contribution is 2.37. The molecule has 1 fully saturated rings. The van der Waals surface area contributed by atoms with Crippen LogP contribution in [0.3, 0.4) is 0 Å². The molecule has 6 heteroatoms. The van der Waals surface area contributed by atoms with E-state index >= 15 is 0 Å². The standard InChI is InChI=1S/C14H25N3O2S/c1-4-7-15-9-13-8-14(10-17(13)12-5-6-12)20(18,19)16-11(2)3/h8,10-12,15-16H,4-7,9H2,1-3H3. The van der Waals surface area contributed by atoms with Crippen LogP contribution >= 0.6 is 0 Å². The lowest BCUT2D eigenvalue weighted by Gasteiger charge is -2.08. The number of sulfonamides is 1. The molecule has 2 rings (SSSR count). The fourth-order valence-corrected chi connectivity index (χ4v) is 3.55. The van der Waals surface area contributed by atoms with Crippen molar-refractivity contribution in [3.63, 3.8) is 0 Å². The molecule has 0 atom stereocenters. The summed E-state index contributed by atoms with van der Waals surface area (Å²) in [5, 5.41) is 3.34. The van der Waals surface area contributed by atoms with E-state index in [1.54, 1.807) is 12.3 Å². The van der Waals surface area contributed by atoms with Crippen molar-refractivity contribution in [2.75, 3.05) is 6.54 Å². The quantitative estimate of drug-likeness (QED) is 0.722. The molecule has 1 aliphatic carbocycles. The third-order valence-corrected chi connectivity index (χ3v) is 4.91. The van der Waals surface area contributed by atoms with Gasteiger partial charge in [0.05, 0.1) is 4.90 Å². The SMILES string of the molecule is CCCNCc1cc(S(=O)(=O)NC(C)C)cn1C1CC1. The Labute approximate surface area is 121 Å². The van der Waals surface area contributed by atoms with E-state index in [4.69, 9.17) is 0 Å². The van der Waals surface area contributed by atoms with Crippen LogP contribution in [0.4, 0.5) is 0 Å². The summed E-state index contributed by atoms with van der Waals surface area (Å²) in [6.45, 7) is 7.46. The van der Waals surface area contributed by atoms with Crippen LogP contribution in [-0.2, 0) is 16.6 Å². The average Bonchev–Trinajstić information content (AvgIpc) is 3.09. The van der Waals surface area contributed by atoms with Gasteiger partial charge in [-0.1, -0.05) is 6.92 Å². The number of hydrogen-bond donors (Lipinski definition) is 2. The van der Waals surface area contributed by atoms with Crippen molar-refractivity contribution in [1.82, 2.24) is 14.6 Å². The highest BCUT2D eigenvalue weighted by atomic mass is 32.2. The van der Waals surface area contributed by atoms with Gasteiger partial charge in [0, 0.05) is 30.5 Å². The normalized spacial score (nSPS) is 16.0. The number of nitrogens with zero attached hydrogens (tertiary/aromatic N) is 1. The third-order valence-electron chi connectivity index (χ3n) is 3.28. The smallest absolute Gasteiger partial charge is 0.242 e. The van der Waals surface area contributed by atoms with Gasteiger partial charge in [0.15, 0.2) is 0 Å². The van der Waals surface area contributed by atoms with Crippen LogP contribution in [0.2, 0.25) is 0 Å². The second-order valence-corrected chi connectivity index (χ2v) is 7.47. The molecule has 0 unspecified atom stereocenters. The largest absolute Gasteiger partial charge is 0.346 e. The molecule has 0 saturated heterocycles. The molecule has 1 heterocycles. The van der Waals surface area contributed by atoms with E-state index in [9.17, 15) is 8.42 Å². The van der Waals surface area contributed by atoms with Crippen LogP contribution < -0.4 is 10.0 Å². The minimum Gasteiger partial charge on any atom is -0.346 e. The van der Waals surface area contributed by atoms with Crippen molar-refractivity contribution < 1.29 is 8.42 Å². The molecule has 1 saturated carbocycles. The van der Waals surface area contributed by atoms with Crippen molar-refractivity contribution >= 4 is 10.0 Å². The van der Waals surface area contributed by atoms with Crippen molar-refractivity contribution in [2.24, 2.45) is 0 Å². The lowest BCUT2D eigenvalue weighted by Crippen LogP contribution is -2.29. The summed E-state index contributed by atoms with van der Waals surface area (Å²) >= 11 is 0. The molecule has 2 N–H and O–H groups in total. The first-order valence-corrected chi connectivity index (χ1v) is 8.86. The van der Waals surface area contributed by atoms with E-state index in [0.717, 1.165) is 38.0 Å². The maximum absolute atomic E-state index is 12.2. The third kappa shape index (κ3) is 3.84. The van der Waals surface area contributed by atoms with Gasteiger partial charge in [-0.05, 0) is 45.7 Å². The summed E-state index contributed by atoms with van der Waals surface area (Å²) in [5.74, 6) is 0. The molecule has 0 amide bonds. The van der Waals surface area contributed by atoms with Crippen LogP contribution in [0, 0.1) is 0 Å². The Balaban J connectivity index is 2.20. The summed E-state index contributed by atoms with van der Waals surface area (Å²) in [5.41, 5.74) is 1.06. The minimum absolute atomic E-state index is 0.0917. The van der Waals surface area contributed by atoms with Crippen molar-refractivity contribution in [3.05, 3.63) is 18.0 Å². The molecule has 1 aromatic heterocycles. The van der Waals surface area contributed by atoms with Gasteiger partial charge in [-0.2, -0.15) is 0 Å². The number of aromatic nitrogens is 1. The van der Waals surface area contributed by atoms with Crippen molar-refractivity contribution in [2.45, 2.75) is 63.6 Å². The Kier molecular flexibility index (Phi) is 4.88. The van der Waals surface area contributed by atoms with E-state index < -0.39 is 10.0 Å². The summed E-state index contributed by atoms with van der Waals surface area (Å²) in [7, 11) is -3.40. The Bertz CT molecular complexity index is 545. The lowest BCUT2D eigenvalue weighted by atomic mass is 10.4. The van der Waals surface area contributed by atoms with Crippen LogP contribution in [0.5, 0.6) is 0 Å². The molecule has 0 bridgehead atoms. The molecule has 1 aliphatic rings. The molecular formula is C14H25N3O2S. The van der Waals surface area contributed by atoms with Gasteiger partial charge in [-0.15, -0.1) is 0 Å². The molecule has 114 valence electrons. The minimum atomic E-state index is -3.40. The molecule has 20 heavy (non-hydrogen) atoms. The Morgan fingerprint density at radius 1 is 1.40 bits per heavy atom. The molecule has 0 spiro atoms. The van der Waals surface area contributed by atoms with Gasteiger partial charge < -0.3 is 9.88 Å². The molecule has 1 aromatic rings. The Hall–Kier alpha value is -0.850. The van der Waals surface area contributed by atoms with Crippen LogP contribution in [-0.4, -0.2) is 25.6 Å². The van der Waals surface area contributed by atoms with Crippen LogP contribution in [0.25, 0.3) is 0 Å². The van der Waals surface area contributed by atoms with Gasteiger partial charge in [0.1, 0.15) is 0 Å². The lowest BCUT2D eigenvalue weighted by molar-refractivity contribution is 0.569. The topological polar surface area (TPSA) is 63.1 Å². The van der Waals surface area contributed by atoms with Gasteiger partial charge in [0.25, 0.3) is 0 Å². The van der Waals surface area contributed by atoms with E-state index in [1.807, 2.05) is 13.8 Å². The zero-order chi connectivity index (χ0) is 14.8. The number of rotatable bonds is 8. The van der Waals surface area contributed by atoms with Gasteiger partial charge >= 0.3 is 0 Å². The molecule has 0 aliphatic heterocycles. The fourth-order valence-electron chi connectivity index (χ4n) is 2.25. The molecule has 0 radical (unpaired) electrons. The Morgan fingerprint density at radius 3 is 2.65 bits per heavy atom. The number of hydrogen-bond acceptors (Lipinski definition) is 3. The Morgan fingerprint density at radius 2 is 2.10 bits per heavy atom. The predicted molar refractivity (Wildman–Crippen MR) is 80.2 cm³/mol. The fraction of sp³-hybridized carbons (Fsp3) is 0.714. The predicted octanol–water partition coefficient (Wildman–Crippen LogP) is 2.01. The van der Waals surface area contributed by atoms with E-state index in [0.29, 0.717) is 10.9 Å². The highest BCUT2D eigenvalue weighted by molar-refractivity contribution is 7.89. The monoisotopic (exact) mass is 299 g/mol. The van der Waals surface area contributed by atoms with Crippen LogP contribution in [0.15, 0.2) is 17.2 Å². The van der Waals surface area contributed by atoms with E-state index in [2.05, 4.69) is 21.5 Å². The van der Waals surface area contributed by atoms with Gasteiger partial charge in [0.2, 0.25) is 10.0 Å². The van der Waals surface area contributed by atoms with Gasteiger partial charge in [-0.25, -0.2) is 13.1 Å². The van der Waals surface area contributed by atoms with Crippen molar-refractivity contribution in [3.8, 4) is 0 Å². The van der Waals surface area contributed by atoms with E-state index in [-0.39, 0.29) is 6.04 Å². The zero-order valence-electron chi connectivity index (χ0n) is 12.5.